The standard InChI is InChI=1S/C11H23NO/c1-5-13-10-8-11(2,3)7-6-9(10)12-4/h9-10,12H,5-8H2,1-4H3. The molecule has 1 rings (SSSR count). The van der Waals surface area contributed by atoms with Crippen molar-refractivity contribution in [2.24, 2.45) is 5.41 Å². The highest BCUT2D eigenvalue weighted by Gasteiger charge is 2.34. The van der Waals surface area contributed by atoms with Crippen LogP contribution in [0.1, 0.15) is 40.0 Å². The van der Waals surface area contributed by atoms with E-state index >= 15 is 0 Å². The molecule has 0 aromatic heterocycles. The Balaban J connectivity index is 2.52. The Kier molecular flexibility index (Phi) is 3.74. The van der Waals surface area contributed by atoms with Gasteiger partial charge in [-0.2, -0.15) is 0 Å². The highest BCUT2D eigenvalue weighted by molar-refractivity contribution is 4.89. The lowest BCUT2D eigenvalue weighted by atomic mass is 9.74. The van der Waals surface area contributed by atoms with Gasteiger partial charge in [-0.05, 0) is 38.6 Å². The van der Waals surface area contributed by atoms with E-state index in [1.807, 2.05) is 7.05 Å². The first-order chi connectivity index (χ1) is 6.09. The zero-order chi connectivity index (χ0) is 9.90. The number of rotatable bonds is 3. The van der Waals surface area contributed by atoms with Gasteiger partial charge in [0.05, 0.1) is 6.10 Å². The van der Waals surface area contributed by atoms with Gasteiger partial charge in [-0.15, -0.1) is 0 Å². The van der Waals surface area contributed by atoms with Gasteiger partial charge in [-0.25, -0.2) is 0 Å². The average molecular weight is 185 g/mol. The first kappa shape index (κ1) is 11.0. The summed E-state index contributed by atoms with van der Waals surface area (Å²) in [6.07, 6.45) is 4.15. The number of nitrogens with one attached hydrogen (secondary N) is 1. The van der Waals surface area contributed by atoms with Crippen LogP contribution in [0.3, 0.4) is 0 Å². The van der Waals surface area contributed by atoms with Crippen LogP contribution < -0.4 is 5.32 Å². The van der Waals surface area contributed by atoms with Gasteiger partial charge < -0.3 is 10.1 Å². The van der Waals surface area contributed by atoms with Gasteiger partial charge in [0.1, 0.15) is 0 Å². The molecule has 0 spiro atoms. The van der Waals surface area contributed by atoms with Gasteiger partial charge in [0.25, 0.3) is 0 Å². The third kappa shape index (κ3) is 2.96. The summed E-state index contributed by atoms with van der Waals surface area (Å²) in [6, 6.07) is 0.563. The molecule has 0 bridgehead atoms. The summed E-state index contributed by atoms with van der Waals surface area (Å²) in [5.74, 6) is 0. The lowest BCUT2D eigenvalue weighted by Crippen LogP contribution is -2.46. The molecular formula is C11H23NO. The molecule has 0 aromatic carbocycles. The van der Waals surface area contributed by atoms with E-state index in [1.54, 1.807) is 0 Å². The number of hydrogen-bond donors (Lipinski definition) is 1. The van der Waals surface area contributed by atoms with Crippen molar-refractivity contribution in [2.75, 3.05) is 13.7 Å². The van der Waals surface area contributed by atoms with E-state index in [9.17, 15) is 0 Å². The van der Waals surface area contributed by atoms with Crippen molar-refractivity contribution in [3.8, 4) is 0 Å². The Bertz CT molecular complexity index is 156. The molecular weight excluding hydrogens is 162 g/mol. The SMILES string of the molecule is CCOC1CC(C)(C)CCC1NC. The first-order valence-electron chi connectivity index (χ1n) is 5.38. The number of ether oxygens (including phenoxy) is 1. The Labute approximate surface area is 82.0 Å². The molecule has 0 amide bonds. The summed E-state index contributed by atoms with van der Waals surface area (Å²) in [7, 11) is 2.04. The minimum atomic E-state index is 0.416. The summed E-state index contributed by atoms with van der Waals surface area (Å²) < 4.78 is 5.76. The van der Waals surface area contributed by atoms with Crippen molar-refractivity contribution in [1.29, 1.82) is 0 Å². The van der Waals surface area contributed by atoms with Gasteiger partial charge in [0.15, 0.2) is 0 Å². The minimum Gasteiger partial charge on any atom is -0.377 e. The molecule has 1 aliphatic carbocycles. The maximum atomic E-state index is 5.76. The van der Waals surface area contributed by atoms with E-state index in [-0.39, 0.29) is 0 Å². The van der Waals surface area contributed by atoms with E-state index in [4.69, 9.17) is 4.74 Å². The van der Waals surface area contributed by atoms with Crippen LogP contribution >= 0.6 is 0 Å². The van der Waals surface area contributed by atoms with Crippen molar-refractivity contribution in [1.82, 2.24) is 5.32 Å². The Morgan fingerprint density at radius 2 is 2.15 bits per heavy atom. The monoisotopic (exact) mass is 185 g/mol. The first-order valence-corrected chi connectivity index (χ1v) is 5.38. The fourth-order valence-corrected chi connectivity index (χ4v) is 2.24. The summed E-state index contributed by atoms with van der Waals surface area (Å²) in [4.78, 5) is 0. The molecule has 0 radical (unpaired) electrons. The molecule has 0 aliphatic heterocycles. The maximum absolute atomic E-state index is 5.76. The van der Waals surface area contributed by atoms with E-state index in [0.717, 1.165) is 6.61 Å². The van der Waals surface area contributed by atoms with Crippen molar-refractivity contribution < 1.29 is 4.74 Å². The summed E-state index contributed by atoms with van der Waals surface area (Å²) in [6.45, 7) is 7.59. The van der Waals surface area contributed by atoms with Crippen LogP contribution in [0.5, 0.6) is 0 Å². The van der Waals surface area contributed by atoms with Crippen molar-refractivity contribution >= 4 is 0 Å². The van der Waals surface area contributed by atoms with E-state index < -0.39 is 0 Å². The third-order valence-corrected chi connectivity index (χ3v) is 3.09. The Morgan fingerprint density at radius 1 is 1.46 bits per heavy atom. The molecule has 13 heavy (non-hydrogen) atoms. The highest BCUT2D eigenvalue weighted by atomic mass is 16.5. The molecule has 2 unspecified atom stereocenters. The van der Waals surface area contributed by atoms with E-state index in [0.29, 0.717) is 17.6 Å². The molecule has 78 valence electrons. The van der Waals surface area contributed by atoms with E-state index in [2.05, 4.69) is 26.1 Å². The lowest BCUT2D eigenvalue weighted by molar-refractivity contribution is -0.0208. The zero-order valence-corrected chi connectivity index (χ0v) is 9.39. The second-order valence-corrected chi connectivity index (χ2v) is 4.80. The molecule has 2 atom stereocenters. The van der Waals surface area contributed by atoms with Crippen LogP contribution in [-0.4, -0.2) is 25.8 Å². The smallest absolute Gasteiger partial charge is 0.0732 e. The molecule has 1 saturated carbocycles. The predicted molar refractivity (Wildman–Crippen MR) is 55.9 cm³/mol. The second kappa shape index (κ2) is 4.43. The second-order valence-electron chi connectivity index (χ2n) is 4.80. The molecule has 1 fully saturated rings. The van der Waals surface area contributed by atoms with Crippen LogP contribution in [0, 0.1) is 5.41 Å². The van der Waals surface area contributed by atoms with Gasteiger partial charge in [0, 0.05) is 12.6 Å². The fraction of sp³-hybridized carbons (Fsp3) is 1.00. The fourth-order valence-electron chi connectivity index (χ4n) is 2.24. The van der Waals surface area contributed by atoms with Crippen LogP contribution in [-0.2, 0) is 4.74 Å². The topological polar surface area (TPSA) is 21.3 Å². The van der Waals surface area contributed by atoms with E-state index in [1.165, 1.54) is 19.3 Å². The summed E-state index contributed by atoms with van der Waals surface area (Å²) in [5.41, 5.74) is 0.465. The Morgan fingerprint density at radius 3 is 2.69 bits per heavy atom. The van der Waals surface area contributed by atoms with Crippen molar-refractivity contribution in [3.05, 3.63) is 0 Å². The largest absolute Gasteiger partial charge is 0.377 e. The minimum absolute atomic E-state index is 0.416. The maximum Gasteiger partial charge on any atom is 0.0732 e. The molecule has 1 N–H and O–H groups in total. The van der Waals surface area contributed by atoms with Crippen molar-refractivity contribution in [3.63, 3.8) is 0 Å². The molecule has 0 heterocycles. The average Bonchev–Trinajstić information content (AvgIpc) is 2.04. The van der Waals surface area contributed by atoms with Gasteiger partial charge in [-0.1, -0.05) is 13.8 Å². The quantitative estimate of drug-likeness (QED) is 0.727. The lowest BCUT2D eigenvalue weighted by Gasteiger charge is -2.40. The van der Waals surface area contributed by atoms with Gasteiger partial charge in [-0.3, -0.25) is 0 Å². The number of hydrogen-bond acceptors (Lipinski definition) is 2. The summed E-state index contributed by atoms with van der Waals surface area (Å²) in [5, 5.41) is 3.35. The van der Waals surface area contributed by atoms with Gasteiger partial charge >= 0.3 is 0 Å². The summed E-state index contributed by atoms with van der Waals surface area (Å²) >= 11 is 0. The highest BCUT2D eigenvalue weighted by Crippen LogP contribution is 2.36. The van der Waals surface area contributed by atoms with Crippen molar-refractivity contribution in [2.45, 2.75) is 52.2 Å². The predicted octanol–water partition coefficient (Wildman–Crippen LogP) is 2.19. The van der Waals surface area contributed by atoms with Crippen LogP contribution in [0.25, 0.3) is 0 Å². The molecule has 2 nitrogen and oxygen atoms in total. The van der Waals surface area contributed by atoms with Crippen LogP contribution in [0.15, 0.2) is 0 Å². The normalized spacial score (nSPS) is 33.2. The number of likely N-dealkylation sites (N-methyl/N-ethyl adjacent to an activating group) is 1. The Hall–Kier alpha value is -0.0800. The molecule has 2 heteroatoms. The molecule has 0 saturated heterocycles. The van der Waals surface area contributed by atoms with Crippen LogP contribution in [0.2, 0.25) is 0 Å². The zero-order valence-electron chi connectivity index (χ0n) is 9.39. The van der Waals surface area contributed by atoms with Gasteiger partial charge in [0.2, 0.25) is 0 Å². The van der Waals surface area contributed by atoms with Crippen LogP contribution in [0.4, 0.5) is 0 Å². The molecule has 0 aromatic rings. The third-order valence-electron chi connectivity index (χ3n) is 3.09. The molecule has 1 aliphatic rings.